The van der Waals surface area contributed by atoms with Crippen LogP contribution in [0.1, 0.15) is 35.4 Å². The molecule has 132 valence electrons. The SMILES string of the molecule is Cc1cnc(C(=O)N2CCC(C3CCN(S(C)(=O)=O)CC3)C2)cn1. The minimum absolute atomic E-state index is 0.0569. The van der Waals surface area contributed by atoms with Gasteiger partial charge in [0.15, 0.2) is 0 Å². The van der Waals surface area contributed by atoms with Crippen LogP contribution in [-0.2, 0) is 10.0 Å². The number of likely N-dealkylation sites (tertiary alicyclic amines) is 1. The summed E-state index contributed by atoms with van der Waals surface area (Å²) >= 11 is 0. The predicted molar refractivity (Wildman–Crippen MR) is 89.9 cm³/mol. The second kappa shape index (κ2) is 6.76. The molecular weight excluding hydrogens is 328 g/mol. The molecule has 0 N–H and O–H groups in total. The number of piperidine rings is 1. The van der Waals surface area contributed by atoms with Crippen molar-refractivity contribution in [1.29, 1.82) is 0 Å². The Morgan fingerprint density at radius 1 is 1.08 bits per heavy atom. The molecule has 2 aliphatic rings. The van der Waals surface area contributed by atoms with Crippen molar-refractivity contribution in [3.8, 4) is 0 Å². The maximum absolute atomic E-state index is 12.5. The molecular formula is C16H24N4O3S. The van der Waals surface area contributed by atoms with Gasteiger partial charge in [-0.2, -0.15) is 0 Å². The van der Waals surface area contributed by atoms with E-state index in [9.17, 15) is 13.2 Å². The first-order valence-corrected chi connectivity index (χ1v) is 10.2. The largest absolute Gasteiger partial charge is 0.337 e. The van der Waals surface area contributed by atoms with Gasteiger partial charge in [-0.25, -0.2) is 17.7 Å². The summed E-state index contributed by atoms with van der Waals surface area (Å²) in [5, 5.41) is 0. The molecule has 2 saturated heterocycles. The Bertz CT molecular complexity index is 697. The first-order valence-electron chi connectivity index (χ1n) is 8.37. The third-order valence-corrected chi connectivity index (χ3v) is 6.45. The first-order chi connectivity index (χ1) is 11.3. The number of aryl methyl sites for hydroxylation is 1. The summed E-state index contributed by atoms with van der Waals surface area (Å²) in [7, 11) is -3.08. The topological polar surface area (TPSA) is 83.5 Å². The van der Waals surface area contributed by atoms with Crippen molar-refractivity contribution in [2.24, 2.45) is 11.8 Å². The number of sulfonamides is 1. The van der Waals surface area contributed by atoms with Crippen molar-refractivity contribution in [3.05, 3.63) is 23.8 Å². The van der Waals surface area contributed by atoms with Gasteiger partial charge in [0.05, 0.1) is 18.1 Å². The molecule has 0 bridgehead atoms. The zero-order valence-electron chi connectivity index (χ0n) is 14.2. The molecule has 8 heteroatoms. The van der Waals surface area contributed by atoms with Crippen molar-refractivity contribution in [1.82, 2.24) is 19.2 Å². The van der Waals surface area contributed by atoms with Crippen LogP contribution < -0.4 is 0 Å². The van der Waals surface area contributed by atoms with Crippen LogP contribution in [0.25, 0.3) is 0 Å². The lowest BCUT2D eigenvalue weighted by Crippen LogP contribution is -2.40. The van der Waals surface area contributed by atoms with E-state index in [0.717, 1.165) is 38.0 Å². The van der Waals surface area contributed by atoms with Crippen molar-refractivity contribution >= 4 is 15.9 Å². The lowest BCUT2D eigenvalue weighted by molar-refractivity contribution is 0.0772. The number of aromatic nitrogens is 2. The fourth-order valence-electron chi connectivity index (χ4n) is 3.70. The van der Waals surface area contributed by atoms with Gasteiger partial charge in [-0.3, -0.25) is 9.78 Å². The van der Waals surface area contributed by atoms with Gasteiger partial charge in [0.1, 0.15) is 5.69 Å². The van der Waals surface area contributed by atoms with E-state index in [4.69, 9.17) is 0 Å². The molecule has 0 aliphatic carbocycles. The van der Waals surface area contributed by atoms with Gasteiger partial charge in [0.2, 0.25) is 10.0 Å². The molecule has 1 aromatic heterocycles. The summed E-state index contributed by atoms with van der Waals surface area (Å²) < 4.78 is 24.8. The van der Waals surface area contributed by atoms with Crippen LogP contribution in [0, 0.1) is 18.8 Å². The van der Waals surface area contributed by atoms with E-state index in [-0.39, 0.29) is 5.91 Å². The molecule has 1 unspecified atom stereocenters. The molecule has 2 fully saturated rings. The van der Waals surface area contributed by atoms with Crippen LogP contribution in [0.3, 0.4) is 0 Å². The Balaban J connectivity index is 1.56. The van der Waals surface area contributed by atoms with Crippen molar-refractivity contribution in [2.75, 3.05) is 32.4 Å². The van der Waals surface area contributed by atoms with Crippen molar-refractivity contribution in [2.45, 2.75) is 26.2 Å². The highest BCUT2D eigenvalue weighted by molar-refractivity contribution is 7.88. The van der Waals surface area contributed by atoms with Gasteiger partial charge < -0.3 is 4.90 Å². The number of carbonyl (C=O) groups excluding carboxylic acids is 1. The van der Waals surface area contributed by atoms with Crippen LogP contribution >= 0.6 is 0 Å². The number of nitrogens with zero attached hydrogens (tertiary/aromatic N) is 4. The van der Waals surface area contributed by atoms with E-state index < -0.39 is 10.0 Å². The molecule has 0 saturated carbocycles. The van der Waals surface area contributed by atoms with Crippen LogP contribution in [-0.4, -0.2) is 65.9 Å². The van der Waals surface area contributed by atoms with Gasteiger partial charge in [-0.15, -0.1) is 0 Å². The maximum atomic E-state index is 12.5. The summed E-state index contributed by atoms with van der Waals surface area (Å²) in [4.78, 5) is 22.7. The van der Waals surface area contributed by atoms with Gasteiger partial charge in [-0.05, 0) is 38.0 Å². The normalized spacial score (nSPS) is 23.6. The average Bonchev–Trinajstić information content (AvgIpc) is 3.04. The third kappa shape index (κ3) is 3.75. The highest BCUT2D eigenvalue weighted by atomic mass is 32.2. The van der Waals surface area contributed by atoms with E-state index in [1.165, 1.54) is 12.5 Å². The zero-order valence-corrected chi connectivity index (χ0v) is 15.0. The van der Waals surface area contributed by atoms with Crippen LogP contribution in [0.5, 0.6) is 0 Å². The summed E-state index contributed by atoms with van der Waals surface area (Å²) in [6.07, 6.45) is 7.16. The third-order valence-electron chi connectivity index (χ3n) is 5.15. The Labute approximate surface area is 143 Å². The Morgan fingerprint density at radius 2 is 1.75 bits per heavy atom. The molecule has 0 radical (unpaired) electrons. The highest BCUT2D eigenvalue weighted by Crippen LogP contribution is 2.32. The molecule has 7 nitrogen and oxygen atoms in total. The van der Waals surface area contributed by atoms with Gasteiger partial charge >= 0.3 is 0 Å². The van der Waals surface area contributed by atoms with E-state index in [0.29, 0.717) is 30.6 Å². The number of rotatable bonds is 3. The Kier molecular flexibility index (Phi) is 4.87. The van der Waals surface area contributed by atoms with Crippen LogP contribution in [0.2, 0.25) is 0 Å². The molecule has 1 atom stereocenters. The minimum Gasteiger partial charge on any atom is -0.337 e. The summed E-state index contributed by atoms with van der Waals surface area (Å²) in [5.41, 5.74) is 1.19. The van der Waals surface area contributed by atoms with Gasteiger partial charge in [0, 0.05) is 32.4 Å². The molecule has 3 heterocycles. The zero-order chi connectivity index (χ0) is 17.3. The molecule has 2 aliphatic heterocycles. The molecule has 1 aromatic rings. The smallest absolute Gasteiger partial charge is 0.274 e. The standard InChI is InChI=1S/C16H24N4O3S/c1-12-9-18-15(10-17-12)16(21)19-6-3-14(11-19)13-4-7-20(8-5-13)24(2,22)23/h9-10,13-14H,3-8,11H2,1-2H3. The first kappa shape index (κ1) is 17.3. The van der Waals surface area contributed by atoms with E-state index in [2.05, 4.69) is 9.97 Å². The Morgan fingerprint density at radius 3 is 2.33 bits per heavy atom. The monoisotopic (exact) mass is 352 g/mol. The van der Waals surface area contributed by atoms with E-state index in [1.807, 2.05) is 11.8 Å². The summed E-state index contributed by atoms with van der Waals surface area (Å²) in [6, 6.07) is 0. The molecule has 24 heavy (non-hydrogen) atoms. The fraction of sp³-hybridized carbons (Fsp3) is 0.688. The molecule has 0 aromatic carbocycles. The highest BCUT2D eigenvalue weighted by Gasteiger charge is 2.35. The molecule has 3 rings (SSSR count). The quantitative estimate of drug-likeness (QED) is 0.808. The minimum atomic E-state index is -3.08. The van der Waals surface area contributed by atoms with Crippen LogP contribution in [0.4, 0.5) is 0 Å². The second-order valence-corrected chi connectivity index (χ2v) is 8.82. The number of amides is 1. The Hall–Kier alpha value is -1.54. The lowest BCUT2D eigenvalue weighted by atomic mass is 9.84. The molecule has 1 amide bonds. The predicted octanol–water partition coefficient (Wildman–Crippen LogP) is 0.919. The van der Waals surface area contributed by atoms with E-state index >= 15 is 0 Å². The number of hydrogen-bond acceptors (Lipinski definition) is 5. The summed E-state index contributed by atoms with van der Waals surface area (Å²) in [5.74, 6) is 0.887. The van der Waals surface area contributed by atoms with Crippen molar-refractivity contribution in [3.63, 3.8) is 0 Å². The number of carbonyl (C=O) groups is 1. The van der Waals surface area contributed by atoms with Crippen LogP contribution in [0.15, 0.2) is 12.4 Å². The van der Waals surface area contributed by atoms with Gasteiger partial charge in [0.25, 0.3) is 5.91 Å². The second-order valence-electron chi connectivity index (χ2n) is 6.84. The van der Waals surface area contributed by atoms with Crippen molar-refractivity contribution < 1.29 is 13.2 Å². The maximum Gasteiger partial charge on any atom is 0.274 e. The summed E-state index contributed by atoms with van der Waals surface area (Å²) in [6.45, 7) is 4.51. The average molecular weight is 352 g/mol. The number of hydrogen-bond donors (Lipinski definition) is 0. The van der Waals surface area contributed by atoms with E-state index in [1.54, 1.807) is 10.5 Å². The fourth-order valence-corrected chi connectivity index (χ4v) is 4.57. The molecule has 0 spiro atoms. The van der Waals surface area contributed by atoms with Gasteiger partial charge in [-0.1, -0.05) is 0 Å². The lowest BCUT2D eigenvalue weighted by Gasteiger charge is -2.33.